The second-order valence-corrected chi connectivity index (χ2v) is 8.21. The van der Waals surface area contributed by atoms with Gasteiger partial charge in [-0.05, 0) is 48.6 Å². The van der Waals surface area contributed by atoms with E-state index < -0.39 is 0 Å². The van der Waals surface area contributed by atoms with Gasteiger partial charge in [0.2, 0.25) is 0 Å². The maximum absolute atomic E-state index is 9.64. The largest absolute Gasteiger partial charge is 0.395 e. The van der Waals surface area contributed by atoms with Crippen LogP contribution in [0.3, 0.4) is 0 Å². The standard InChI is InChI=1S/C21H19N5OS2/c27-13-12-26-19(18(24-20(26)28)15-7-3-4-10-22-15)16-8-5-11-25(16)21-23-14-6-1-2-9-17(14)29-21/h1-11,18-19,27H,12-13H2,(H,24,28). The lowest BCUT2D eigenvalue weighted by molar-refractivity contribution is 0.220. The zero-order valence-corrected chi connectivity index (χ0v) is 17.1. The molecule has 1 fully saturated rings. The number of hydrogen-bond acceptors (Lipinski definition) is 5. The summed E-state index contributed by atoms with van der Waals surface area (Å²) >= 11 is 7.26. The molecule has 1 aromatic carbocycles. The third kappa shape index (κ3) is 3.19. The fourth-order valence-corrected chi connectivity index (χ4v) is 5.15. The van der Waals surface area contributed by atoms with Gasteiger partial charge in [0.25, 0.3) is 0 Å². The van der Waals surface area contributed by atoms with Gasteiger partial charge in [0, 0.05) is 18.9 Å². The van der Waals surface area contributed by atoms with E-state index in [0.717, 1.165) is 26.7 Å². The number of benzene rings is 1. The maximum atomic E-state index is 9.64. The van der Waals surface area contributed by atoms with Crippen LogP contribution in [-0.2, 0) is 0 Å². The van der Waals surface area contributed by atoms with Crippen LogP contribution >= 0.6 is 23.6 Å². The van der Waals surface area contributed by atoms with E-state index in [0.29, 0.717) is 11.7 Å². The number of fused-ring (bicyclic) bond motifs is 1. The van der Waals surface area contributed by atoms with Crippen LogP contribution in [0.15, 0.2) is 67.0 Å². The molecular formula is C21H19N5OS2. The Morgan fingerprint density at radius 3 is 2.76 bits per heavy atom. The number of nitrogens with zero attached hydrogens (tertiary/aromatic N) is 4. The Hall–Kier alpha value is -2.81. The first-order valence-corrected chi connectivity index (χ1v) is 10.6. The van der Waals surface area contributed by atoms with Gasteiger partial charge in [-0.1, -0.05) is 29.5 Å². The second-order valence-electron chi connectivity index (χ2n) is 6.81. The average Bonchev–Trinajstić information content (AvgIpc) is 3.46. The normalized spacial score (nSPS) is 19.1. The summed E-state index contributed by atoms with van der Waals surface area (Å²) in [6, 6.07) is 17.9. The van der Waals surface area contributed by atoms with E-state index in [9.17, 15) is 5.11 Å². The topological polar surface area (TPSA) is 66.2 Å². The van der Waals surface area contributed by atoms with Gasteiger partial charge in [-0.25, -0.2) is 4.98 Å². The summed E-state index contributed by atoms with van der Waals surface area (Å²) in [4.78, 5) is 11.4. The zero-order valence-electron chi connectivity index (χ0n) is 15.5. The van der Waals surface area contributed by atoms with Crippen molar-refractivity contribution in [3.05, 3.63) is 78.4 Å². The van der Waals surface area contributed by atoms with Gasteiger partial charge >= 0.3 is 0 Å². The van der Waals surface area contributed by atoms with Crippen molar-refractivity contribution >= 4 is 38.9 Å². The van der Waals surface area contributed by atoms with E-state index in [1.807, 2.05) is 53.6 Å². The van der Waals surface area contributed by atoms with Gasteiger partial charge in [0.15, 0.2) is 10.2 Å². The number of hydrogen-bond donors (Lipinski definition) is 2. The fourth-order valence-electron chi connectivity index (χ4n) is 3.85. The zero-order chi connectivity index (χ0) is 19.8. The third-order valence-corrected chi connectivity index (χ3v) is 6.50. The number of para-hydroxylation sites is 1. The minimum absolute atomic E-state index is 0.0229. The number of thiazole rings is 1. The highest BCUT2D eigenvalue weighted by molar-refractivity contribution is 7.80. The number of pyridine rings is 1. The molecule has 2 atom stereocenters. The molecule has 0 amide bonds. The van der Waals surface area contributed by atoms with Crippen LogP contribution in [0.2, 0.25) is 0 Å². The summed E-state index contributed by atoms with van der Waals surface area (Å²) in [5, 5.41) is 14.6. The molecule has 0 radical (unpaired) electrons. The van der Waals surface area contributed by atoms with Crippen LogP contribution in [-0.4, -0.2) is 42.8 Å². The number of thiocarbonyl (C=S) groups is 1. The molecule has 2 N–H and O–H groups in total. The molecule has 0 bridgehead atoms. The molecule has 0 spiro atoms. The molecule has 1 aliphatic rings. The van der Waals surface area contributed by atoms with Crippen LogP contribution < -0.4 is 5.32 Å². The molecule has 5 rings (SSSR count). The Kier molecular flexibility index (Phi) is 4.75. The van der Waals surface area contributed by atoms with Crippen molar-refractivity contribution in [3.8, 4) is 5.13 Å². The highest BCUT2D eigenvalue weighted by Crippen LogP contribution is 2.40. The summed E-state index contributed by atoms with van der Waals surface area (Å²) in [5.41, 5.74) is 2.96. The van der Waals surface area contributed by atoms with Crippen molar-refractivity contribution < 1.29 is 5.11 Å². The van der Waals surface area contributed by atoms with Gasteiger partial charge < -0.3 is 15.3 Å². The van der Waals surface area contributed by atoms with Crippen molar-refractivity contribution in [3.63, 3.8) is 0 Å². The first-order chi connectivity index (χ1) is 14.3. The summed E-state index contributed by atoms with van der Waals surface area (Å²) in [6.45, 7) is 0.472. The van der Waals surface area contributed by atoms with E-state index >= 15 is 0 Å². The van der Waals surface area contributed by atoms with E-state index in [-0.39, 0.29) is 18.7 Å². The van der Waals surface area contributed by atoms with E-state index in [1.54, 1.807) is 17.5 Å². The predicted octanol–water partition coefficient (Wildman–Crippen LogP) is 3.45. The van der Waals surface area contributed by atoms with Crippen LogP contribution in [0.5, 0.6) is 0 Å². The van der Waals surface area contributed by atoms with Crippen LogP contribution in [0.1, 0.15) is 23.5 Å². The molecule has 4 aromatic rings. The average molecular weight is 422 g/mol. The monoisotopic (exact) mass is 421 g/mol. The highest BCUT2D eigenvalue weighted by Gasteiger charge is 2.41. The first kappa shape index (κ1) is 18.2. The fraction of sp³-hybridized carbons (Fsp3) is 0.190. The first-order valence-electron chi connectivity index (χ1n) is 9.38. The number of β-amino-alcohol motifs (C(OH)–C–C–N with tert-alkyl or cyclic N) is 1. The van der Waals surface area contributed by atoms with Crippen molar-refractivity contribution in [2.24, 2.45) is 0 Å². The van der Waals surface area contributed by atoms with Crippen molar-refractivity contribution in [2.45, 2.75) is 12.1 Å². The van der Waals surface area contributed by atoms with E-state index in [2.05, 4.69) is 27.0 Å². The molecule has 3 aromatic heterocycles. The lowest BCUT2D eigenvalue weighted by Gasteiger charge is -2.27. The number of aliphatic hydroxyl groups is 1. The summed E-state index contributed by atoms with van der Waals surface area (Å²) in [5.74, 6) is 0. The summed E-state index contributed by atoms with van der Waals surface area (Å²) in [7, 11) is 0. The predicted molar refractivity (Wildman–Crippen MR) is 118 cm³/mol. The highest BCUT2D eigenvalue weighted by atomic mass is 32.1. The van der Waals surface area contributed by atoms with Crippen molar-refractivity contribution in [2.75, 3.05) is 13.2 Å². The Morgan fingerprint density at radius 1 is 1.10 bits per heavy atom. The van der Waals surface area contributed by atoms with Crippen LogP contribution in [0.4, 0.5) is 0 Å². The lowest BCUT2D eigenvalue weighted by atomic mass is 10.0. The lowest BCUT2D eigenvalue weighted by Crippen LogP contribution is -2.32. The van der Waals surface area contributed by atoms with Gasteiger partial charge in [0.1, 0.15) is 0 Å². The SMILES string of the molecule is OCCN1C(=S)NC(c2ccccn2)C1c1cccn1-c1nc2ccccc2s1. The molecule has 2 unspecified atom stereocenters. The molecule has 0 aliphatic carbocycles. The van der Waals surface area contributed by atoms with E-state index in [1.165, 1.54) is 0 Å². The smallest absolute Gasteiger partial charge is 0.194 e. The number of rotatable bonds is 5. The van der Waals surface area contributed by atoms with Crippen molar-refractivity contribution in [1.29, 1.82) is 0 Å². The Balaban J connectivity index is 1.62. The van der Waals surface area contributed by atoms with Gasteiger partial charge in [0.05, 0.1) is 40.3 Å². The Labute approximate surface area is 177 Å². The molecule has 1 aliphatic heterocycles. The van der Waals surface area contributed by atoms with Gasteiger partial charge in [-0.15, -0.1) is 0 Å². The minimum atomic E-state index is -0.113. The van der Waals surface area contributed by atoms with Gasteiger partial charge in [-0.2, -0.15) is 0 Å². The molecule has 8 heteroatoms. The summed E-state index contributed by atoms with van der Waals surface area (Å²) in [6.07, 6.45) is 3.82. The molecule has 4 heterocycles. The number of aliphatic hydroxyl groups excluding tert-OH is 1. The molecule has 146 valence electrons. The molecule has 0 saturated carbocycles. The molecule has 6 nitrogen and oxygen atoms in total. The third-order valence-electron chi connectivity index (χ3n) is 5.11. The van der Waals surface area contributed by atoms with Crippen LogP contribution in [0.25, 0.3) is 15.3 Å². The number of aromatic nitrogens is 3. The van der Waals surface area contributed by atoms with E-state index in [4.69, 9.17) is 17.2 Å². The van der Waals surface area contributed by atoms with Gasteiger partial charge in [-0.3, -0.25) is 9.55 Å². The van der Waals surface area contributed by atoms with Crippen LogP contribution in [0, 0.1) is 0 Å². The minimum Gasteiger partial charge on any atom is -0.395 e. The Morgan fingerprint density at radius 2 is 1.97 bits per heavy atom. The van der Waals surface area contributed by atoms with Crippen molar-refractivity contribution in [1.82, 2.24) is 24.8 Å². The molecule has 1 saturated heterocycles. The number of nitrogens with one attached hydrogen (secondary N) is 1. The maximum Gasteiger partial charge on any atom is 0.194 e. The Bertz CT molecular complexity index is 1120. The quantitative estimate of drug-likeness (QED) is 0.481. The summed E-state index contributed by atoms with van der Waals surface area (Å²) < 4.78 is 3.27. The molecule has 29 heavy (non-hydrogen) atoms. The second kappa shape index (κ2) is 7.55. The molecular weight excluding hydrogens is 402 g/mol.